The fourth-order valence-corrected chi connectivity index (χ4v) is 0.143. The van der Waals surface area contributed by atoms with Crippen LogP contribution >= 0.6 is 0 Å². The molecule has 0 aromatic carbocycles. The number of aliphatic carboxylic acids is 1. The predicted octanol–water partition coefficient (Wildman–Crippen LogP) is 0.695. The van der Waals surface area contributed by atoms with Gasteiger partial charge in [0.05, 0.1) is 0 Å². The van der Waals surface area contributed by atoms with Gasteiger partial charge in [0.15, 0.2) is 0 Å². The minimum absolute atomic E-state index is 0.398. The van der Waals surface area contributed by atoms with Crippen molar-refractivity contribution in [3.63, 3.8) is 0 Å². The molecular formula is C8H13NO3. The first kappa shape index (κ1) is 13.0. The third kappa shape index (κ3) is 15.8. The van der Waals surface area contributed by atoms with Crippen molar-refractivity contribution < 1.29 is 14.7 Å². The first-order valence-corrected chi connectivity index (χ1v) is 3.22. The summed E-state index contributed by atoms with van der Waals surface area (Å²) in [4.78, 5) is 19.3. The summed E-state index contributed by atoms with van der Waals surface area (Å²) in [5, 5.41) is 7.83. The van der Waals surface area contributed by atoms with Gasteiger partial charge in [-0.3, -0.25) is 4.79 Å². The zero-order chi connectivity index (χ0) is 10.1. The molecule has 3 N–H and O–H groups in total. The Hall–Kier alpha value is -1.58. The van der Waals surface area contributed by atoms with Gasteiger partial charge in [-0.05, 0) is 13.8 Å². The van der Waals surface area contributed by atoms with E-state index in [1.807, 2.05) is 0 Å². The van der Waals surface area contributed by atoms with E-state index in [2.05, 4.69) is 6.58 Å². The smallest absolute Gasteiger partial charge is 0.327 e. The van der Waals surface area contributed by atoms with Crippen molar-refractivity contribution in [3.8, 4) is 0 Å². The van der Waals surface area contributed by atoms with Gasteiger partial charge in [0.25, 0.3) is 0 Å². The number of hydrogen-bond donors (Lipinski definition) is 2. The largest absolute Gasteiger partial charge is 0.478 e. The highest BCUT2D eigenvalue weighted by Crippen LogP contribution is 1.78. The van der Waals surface area contributed by atoms with Gasteiger partial charge in [0, 0.05) is 11.6 Å². The van der Waals surface area contributed by atoms with E-state index >= 15 is 0 Å². The van der Waals surface area contributed by atoms with Crippen molar-refractivity contribution in [3.05, 3.63) is 24.3 Å². The maximum atomic E-state index is 9.82. The lowest BCUT2D eigenvalue weighted by molar-refractivity contribution is -0.131. The maximum Gasteiger partial charge on any atom is 0.327 e. The van der Waals surface area contributed by atoms with Crippen molar-refractivity contribution >= 4 is 11.9 Å². The molecule has 12 heavy (non-hydrogen) atoms. The van der Waals surface area contributed by atoms with Gasteiger partial charge in [0.1, 0.15) is 0 Å². The quantitative estimate of drug-likeness (QED) is 0.600. The average Bonchev–Trinajstić information content (AvgIpc) is 1.87. The van der Waals surface area contributed by atoms with E-state index in [0.29, 0.717) is 5.57 Å². The van der Waals surface area contributed by atoms with Gasteiger partial charge in [0.2, 0.25) is 5.91 Å². The van der Waals surface area contributed by atoms with Crippen molar-refractivity contribution in [2.24, 2.45) is 5.73 Å². The molecule has 0 atom stereocenters. The molecule has 0 aliphatic rings. The molecule has 4 nitrogen and oxygen atoms in total. The number of rotatable bonds is 2. The molecule has 0 radical (unpaired) electrons. The van der Waals surface area contributed by atoms with Gasteiger partial charge in [-0.15, -0.1) is 0 Å². The third-order valence-corrected chi connectivity index (χ3v) is 0.730. The standard InChI is InChI=1S/C4H7NO.C4H6O2/c1-3(2)4(5)6;1-2-3-4(5)6/h1H2,2H3,(H2,5,6);2-3H,1H3,(H,5,6). The molecule has 1 amide bonds. The Morgan fingerprint density at radius 3 is 1.83 bits per heavy atom. The number of amides is 1. The number of allylic oxidation sites excluding steroid dienone is 1. The first-order valence-electron chi connectivity index (χ1n) is 3.22. The predicted molar refractivity (Wildman–Crippen MR) is 46.5 cm³/mol. The van der Waals surface area contributed by atoms with Crippen LogP contribution in [0.4, 0.5) is 0 Å². The molecule has 0 spiro atoms. The summed E-state index contributed by atoms with van der Waals surface area (Å²) in [6.07, 6.45) is 2.56. The lowest BCUT2D eigenvalue weighted by atomic mass is 10.3. The third-order valence-electron chi connectivity index (χ3n) is 0.730. The average molecular weight is 171 g/mol. The molecule has 0 fully saturated rings. The summed E-state index contributed by atoms with van der Waals surface area (Å²) in [6.45, 7) is 6.51. The number of carboxylic acids is 1. The molecule has 0 saturated carbocycles. The van der Waals surface area contributed by atoms with Crippen LogP contribution in [0.2, 0.25) is 0 Å². The van der Waals surface area contributed by atoms with Gasteiger partial charge in [-0.25, -0.2) is 4.79 Å². The molecule has 68 valence electrons. The molecule has 0 rings (SSSR count). The minimum atomic E-state index is -0.891. The Morgan fingerprint density at radius 1 is 1.50 bits per heavy atom. The molecule has 0 heterocycles. The van der Waals surface area contributed by atoms with Gasteiger partial charge >= 0.3 is 5.97 Å². The lowest BCUT2D eigenvalue weighted by Crippen LogP contribution is -2.10. The van der Waals surface area contributed by atoms with Gasteiger partial charge in [-0.2, -0.15) is 0 Å². The summed E-state index contributed by atoms with van der Waals surface area (Å²) < 4.78 is 0. The molecule has 0 bridgehead atoms. The number of hydrogen-bond acceptors (Lipinski definition) is 2. The highest BCUT2D eigenvalue weighted by Gasteiger charge is 1.86. The summed E-state index contributed by atoms with van der Waals surface area (Å²) in [5.74, 6) is -1.33. The van der Waals surface area contributed by atoms with Crippen LogP contribution in [-0.2, 0) is 9.59 Å². The van der Waals surface area contributed by atoms with Crippen molar-refractivity contribution in [1.82, 2.24) is 0 Å². The fraction of sp³-hybridized carbons (Fsp3) is 0.250. The zero-order valence-corrected chi connectivity index (χ0v) is 7.20. The van der Waals surface area contributed by atoms with Crippen LogP contribution in [0.25, 0.3) is 0 Å². The highest BCUT2D eigenvalue weighted by molar-refractivity contribution is 5.90. The molecule has 0 unspecified atom stereocenters. The van der Waals surface area contributed by atoms with Crippen molar-refractivity contribution in [1.29, 1.82) is 0 Å². The van der Waals surface area contributed by atoms with E-state index in [1.165, 1.54) is 6.08 Å². The van der Waals surface area contributed by atoms with E-state index in [9.17, 15) is 9.59 Å². The Labute approximate surface area is 71.4 Å². The van der Waals surface area contributed by atoms with Crippen LogP contribution in [0, 0.1) is 0 Å². The number of primary amides is 1. The SMILES string of the molecule is C=C(C)C(N)=O.CC=CC(=O)O. The molecular weight excluding hydrogens is 158 g/mol. The Morgan fingerprint density at radius 2 is 1.83 bits per heavy atom. The first-order chi connectivity index (χ1) is 5.41. The number of carboxylic acid groups (broad SMARTS) is 1. The van der Waals surface area contributed by atoms with Gasteiger partial charge in [-0.1, -0.05) is 12.7 Å². The van der Waals surface area contributed by atoms with E-state index in [1.54, 1.807) is 13.8 Å². The van der Waals surface area contributed by atoms with E-state index < -0.39 is 11.9 Å². The summed E-state index contributed by atoms with van der Waals surface area (Å²) >= 11 is 0. The molecule has 0 aliphatic carbocycles. The second-order valence-corrected chi connectivity index (χ2v) is 1.98. The normalized spacial score (nSPS) is 8.50. The van der Waals surface area contributed by atoms with Crippen LogP contribution in [0.1, 0.15) is 13.8 Å². The van der Waals surface area contributed by atoms with Crippen LogP contribution < -0.4 is 5.73 Å². The number of carbonyl (C=O) groups excluding carboxylic acids is 1. The van der Waals surface area contributed by atoms with Crippen molar-refractivity contribution in [2.45, 2.75) is 13.8 Å². The van der Waals surface area contributed by atoms with E-state index in [0.717, 1.165) is 6.08 Å². The van der Waals surface area contributed by atoms with Crippen LogP contribution in [0.5, 0.6) is 0 Å². The zero-order valence-electron chi connectivity index (χ0n) is 7.20. The summed E-state index contributed by atoms with van der Waals surface area (Å²) in [5.41, 5.74) is 5.09. The molecule has 0 aliphatic heterocycles. The summed E-state index contributed by atoms with van der Waals surface area (Å²) in [6, 6.07) is 0. The van der Waals surface area contributed by atoms with E-state index in [-0.39, 0.29) is 0 Å². The van der Waals surface area contributed by atoms with E-state index in [4.69, 9.17) is 10.8 Å². The number of nitrogens with two attached hydrogens (primary N) is 1. The Bertz CT molecular complexity index is 194. The maximum absolute atomic E-state index is 9.82. The van der Waals surface area contributed by atoms with Crippen LogP contribution in [-0.4, -0.2) is 17.0 Å². The van der Waals surface area contributed by atoms with Crippen molar-refractivity contribution in [2.75, 3.05) is 0 Å². The second-order valence-electron chi connectivity index (χ2n) is 1.98. The fourth-order valence-electron chi connectivity index (χ4n) is 0.143. The topological polar surface area (TPSA) is 80.4 Å². The molecule has 0 aromatic rings. The Kier molecular flexibility index (Phi) is 8.18. The number of carbonyl (C=O) groups is 2. The minimum Gasteiger partial charge on any atom is -0.478 e. The lowest BCUT2D eigenvalue weighted by Gasteiger charge is -1.81. The highest BCUT2D eigenvalue weighted by atomic mass is 16.4. The summed E-state index contributed by atoms with van der Waals surface area (Å²) in [7, 11) is 0. The Balaban J connectivity index is 0. The van der Waals surface area contributed by atoms with Gasteiger partial charge < -0.3 is 10.8 Å². The second kappa shape index (κ2) is 7.53. The molecule has 0 saturated heterocycles. The van der Waals surface area contributed by atoms with Crippen LogP contribution in [0.3, 0.4) is 0 Å². The molecule has 4 heteroatoms. The molecule has 0 aromatic heterocycles. The monoisotopic (exact) mass is 171 g/mol. The van der Waals surface area contributed by atoms with Crippen LogP contribution in [0.15, 0.2) is 24.3 Å².